The van der Waals surface area contributed by atoms with Crippen molar-refractivity contribution in [1.82, 2.24) is 9.80 Å². The molecule has 2 aliphatic rings. The van der Waals surface area contributed by atoms with E-state index < -0.39 is 0 Å². The number of piperazine rings is 1. The van der Waals surface area contributed by atoms with Gasteiger partial charge in [0.15, 0.2) is 0 Å². The molecule has 0 radical (unpaired) electrons. The number of carbonyl (C=O) groups is 2. The molecule has 2 N–H and O–H groups in total. The zero-order chi connectivity index (χ0) is 11.5. The van der Waals surface area contributed by atoms with E-state index in [0.29, 0.717) is 12.5 Å². The summed E-state index contributed by atoms with van der Waals surface area (Å²) in [5.74, 6) is 0.298. The molecule has 5 heteroatoms. The molecule has 1 heterocycles. The summed E-state index contributed by atoms with van der Waals surface area (Å²) in [5.41, 5.74) is 5.14. The molecule has 0 aromatic heterocycles. The topological polar surface area (TPSA) is 66.6 Å². The third-order valence-corrected chi connectivity index (χ3v) is 3.52. The first-order valence-corrected chi connectivity index (χ1v) is 5.96. The Hall–Kier alpha value is -1.10. The van der Waals surface area contributed by atoms with Crippen LogP contribution in [-0.2, 0) is 9.59 Å². The van der Waals surface area contributed by atoms with Gasteiger partial charge < -0.3 is 10.6 Å². The van der Waals surface area contributed by atoms with Crippen molar-refractivity contribution in [3.63, 3.8) is 0 Å². The van der Waals surface area contributed by atoms with Crippen LogP contribution >= 0.6 is 0 Å². The van der Waals surface area contributed by atoms with Gasteiger partial charge in [0, 0.05) is 32.1 Å². The number of hydrogen-bond acceptors (Lipinski definition) is 3. The van der Waals surface area contributed by atoms with E-state index in [2.05, 4.69) is 0 Å². The summed E-state index contributed by atoms with van der Waals surface area (Å²) in [6, 6.07) is 0. The predicted octanol–water partition coefficient (Wildman–Crippen LogP) is -0.584. The van der Waals surface area contributed by atoms with Gasteiger partial charge in [-0.05, 0) is 12.8 Å². The molecule has 1 aliphatic heterocycles. The number of primary amides is 1. The molecule has 90 valence electrons. The molecule has 2 rings (SSSR count). The second kappa shape index (κ2) is 4.82. The van der Waals surface area contributed by atoms with Gasteiger partial charge in [-0.2, -0.15) is 0 Å². The number of nitrogens with zero attached hydrogens (tertiary/aromatic N) is 2. The van der Waals surface area contributed by atoms with E-state index in [-0.39, 0.29) is 11.8 Å². The van der Waals surface area contributed by atoms with Crippen LogP contribution in [0.3, 0.4) is 0 Å². The quantitative estimate of drug-likeness (QED) is 0.698. The largest absolute Gasteiger partial charge is 0.369 e. The van der Waals surface area contributed by atoms with Crippen LogP contribution in [0.25, 0.3) is 0 Å². The lowest BCUT2D eigenvalue weighted by molar-refractivity contribution is -0.140. The van der Waals surface area contributed by atoms with Crippen LogP contribution < -0.4 is 5.73 Å². The highest BCUT2D eigenvalue weighted by Gasteiger charge is 2.31. The first-order valence-electron chi connectivity index (χ1n) is 5.96. The highest BCUT2D eigenvalue weighted by molar-refractivity contribution is 5.79. The number of nitrogens with two attached hydrogens (primary N) is 1. The smallest absolute Gasteiger partial charge is 0.231 e. The SMILES string of the molecule is NC(=O)CN1CCN(C(=O)C2CCC2)CC1. The zero-order valence-corrected chi connectivity index (χ0v) is 9.52. The number of rotatable bonds is 3. The Labute approximate surface area is 95.6 Å². The standard InChI is InChI=1S/C11H19N3O2/c12-10(15)8-13-4-6-14(7-5-13)11(16)9-2-1-3-9/h9H,1-8H2,(H2,12,15). The lowest BCUT2D eigenvalue weighted by atomic mass is 9.84. The van der Waals surface area contributed by atoms with Gasteiger partial charge in [-0.25, -0.2) is 0 Å². The molecule has 1 aliphatic carbocycles. The van der Waals surface area contributed by atoms with Crippen LogP contribution in [0.4, 0.5) is 0 Å². The molecule has 0 unspecified atom stereocenters. The van der Waals surface area contributed by atoms with Gasteiger partial charge in [-0.15, -0.1) is 0 Å². The number of hydrogen-bond donors (Lipinski definition) is 1. The third-order valence-electron chi connectivity index (χ3n) is 3.52. The average molecular weight is 225 g/mol. The molecule has 1 saturated carbocycles. The fourth-order valence-electron chi connectivity index (χ4n) is 2.26. The van der Waals surface area contributed by atoms with Crippen molar-refractivity contribution in [2.75, 3.05) is 32.7 Å². The van der Waals surface area contributed by atoms with Gasteiger partial charge in [0.2, 0.25) is 11.8 Å². The van der Waals surface area contributed by atoms with Gasteiger partial charge >= 0.3 is 0 Å². The molecule has 0 aromatic carbocycles. The van der Waals surface area contributed by atoms with Gasteiger partial charge in [0.05, 0.1) is 6.54 Å². The Morgan fingerprint density at radius 3 is 2.19 bits per heavy atom. The van der Waals surface area contributed by atoms with Gasteiger partial charge in [0.1, 0.15) is 0 Å². The molecular weight excluding hydrogens is 206 g/mol. The van der Waals surface area contributed by atoms with Crippen molar-refractivity contribution in [3.8, 4) is 0 Å². The monoisotopic (exact) mass is 225 g/mol. The number of amides is 2. The van der Waals surface area contributed by atoms with Gasteiger partial charge in [-0.1, -0.05) is 6.42 Å². The van der Waals surface area contributed by atoms with Crippen LogP contribution in [0.5, 0.6) is 0 Å². The maximum Gasteiger partial charge on any atom is 0.231 e. The van der Waals surface area contributed by atoms with Crippen LogP contribution in [0.1, 0.15) is 19.3 Å². The average Bonchev–Trinajstić information content (AvgIpc) is 2.15. The predicted molar refractivity (Wildman–Crippen MR) is 59.6 cm³/mol. The van der Waals surface area contributed by atoms with E-state index >= 15 is 0 Å². The fourth-order valence-corrected chi connectivity index (χ4v) is 2.26. The lowest BCUT2D eigenvalue weighted by Gasteiger charge is -2.37. The molecule has 0 aromatic rings. The molecule has 1 saturated heterocycles. The lowest BCUT2D eigenvalue weighted by Crippen LogP contribution is -2.52. The minimum Gasteiger partial charge on any atom is -0.369 e. The van der Waals surface area contributed by atoms with Crippen molar-refractivity contribution < 1.29 is 9.59 Å². The normalized spacial score (nSPS) is 22.9. The van der Waals surface area contributed by atoms with Crippen molar-refractivity contribution >= 4 is 11.8 Å². The molecule has 16 heavy (non-hydrogen) atoms. The Balaban J connectivity index is 1.76. The highest BCUT2D eigenvalue weighted by Crippen LogP contribution is 2.28. The van der Waals surface area contributed by atoms with Gasteiger partial charge in [0.25, 0.3) is 0 Å². The highest BCUT2D eigenvalue weighted by atomic mass is 16.2. The van der Waals surface area contributed by atoms with E-state index in [1.807, 2.05) is 9.80 Å². The Bertz CT molecular complexity index is 281. The van der Waals surface area contributed by atoms with Crippen molar-refractivity contribution in [1.29, 1.82) is 0 Å². The van der Waals surface area contributed by atoms with E-state index in [1.165, 1.54) is 6.42 Å². The van der Waals surface area contributed by atoms with Gasteiger partial charge in [-0.3, -0.25) is 14.5 Å². The second-order valence-corrected chi connectivity index (χ2v) is 4.70. The van der Waals surface area contributed by atoms with E-state index in [9.17, 15) is 9.59 Å². The van der Waals surface area contributed by atoms with E-state index in [0.717, 1.165) is 39.0 Å². The van der Waals surface area contributed by atoms with Crippen LogP contribution in [0, 0.1) is 5.92 Å². The van der Waals surface area contributed by atoms with Crippen molar-refractivity contribution in [2.24, 2.45) is 11.7 Å². The molecular formula is C11H19N3O2. The molecule has 2 amide bonds. The van der Waals surface area contributed by atoms with Crippen LogP contribution in [-0.4, -0.2) is 54.3 Å². The maximum atomic E-state index is 11.9. The molecule has 2 fully saturated rings. The zero-order valence-electron chi connectivity index (χ0n) is 9.52. The van der Waals surface area contributed by atoms with Crippen LogP contribution in [0.15, 0.2) is 0 Å². The number of carbonyl (C=O) groups excluding carboxylic acids is 2. The minimum absolute atomic E-state index is 0.280. The first kappa shape index (κ1) is 11.4. The summed E-state index contributed by atoms with van der Waals surface area (Å²) in [6.07, 6.45) is 3.30. The van der Waals surface area contributed by atoms with E-state index in [4.69, 9.17) is 5.73 Å². The molecule has 0 spiro atoms. The maximum absolute atomic E-state index is 11.9. The third kappa shape index (κ3) is 2.52. The summed E-state index contributed by atoms with van der Waals surface area (Å²) in [7, 11) is 0. The molecule has 0 atom stereocenters. The minimum atomic E-state index is -0.293. The second-order valence-electron chi connectivity index (χ2n) is 4.70. The molecule has 5 nitrogen and oxygen atoms in total. The summed E-state index contributed by atoms with van der Waals surface area (Å²) >= 11 is 0. The Morgan fingerprint density at radius 2 is 1.75 bits per heavy atom. The summed E-state index contributed by atoms with van der Waals surface area (Å²) in [6.45, 7) is 3.32. The van der Waals surface area contributed by atoms with Crippen molar-refractivity contribution in [3.05, 3.63) is 0 Å². The van der Waals surface area contributed by atoms with E-state index in [1.54, 1.807) is 0 Å². The summed E-state index contributed by atoms with van der Waals surface area (Å²) in [5, 5.41) is 0. The Kier molecular flexibility index (Phi) is 3.43. The van der Waals surface area contributed by atoms with Crippen LogP contribution in [0.2, 0.25) is 0 Å². The summed E-state index contributed by atoms with van der Waals surface area (Å²) in [4.78, 5) is 26.6. The Morgan fingerprint density at radius 1 is 1.12 bits per heavy atom. The first-order chi connectivity index (χ1) is 7.66. The molecule has 0 bridgehead atoms. The van der Waals surface area contributed by atoms with Crippen molar-refractivity contribution in [2.45, 2.75) is 19.3 Å². The summed E-state index contributed by atoms with van der Waals surface area (Å²) < 4.78 is 0. The fraction of sp³-hybridized carbons (Fsp3) is 0.818.